The van der Waals surface area contributed by atoms with Crippen LogP contribution in [0.4, 0.5) is 0 Å². The lowest BCUT2D eigenvalue weighted by Gasteiger charge is -2.62. The summed E-state index contributed by atoms with van der Waals surface area (Å²) in [5, 5.41) is 53.0. The van der Waals surface area contributed by atoms with Gasteiger partial charge in [0.1, 0.15) is 23.9 Å². The Kier molecular flexibility index (Phi) is 2.94. The number of carbonyl (C=O) groups is 1. The number of aliphatic hydroxyl groups is 5. The monoisotopic (exact) mass is 303 g/mol. The maximum atomic E-state index is 11.8. The van der Waals surface area contributed by atoms with E-state index in [1.165, 1.54) is 0 Å². The van der Waals surface area contributed by atoms with Gasteiger partial charge < -0.3 is 41.3 Å². The Morgan fingerprint density at radius 1 is 1.38 bits per heavy atom. The van der Waals surface area contributed by atoms with Gasteiger partial charge in [0, 0.05) is 5.92 Å². The second kappa shape index (κ2) is 4.27. The third kappa shape index (κ3) is 1.53. The van der Waals surface area contributed by atoms with E-state index in [4.69, 9.17) is 10.5 Å². The van der Waals surface area contributed by atoms with Crippen LogP contribution in [-0.2, 0) is 9.53 Å². The summed E-state index contributed by atoms with van der Waals surface area (Å²) >= 11 is 0. The summed E-state index contributed by atoms with van der Waals surface area (Å²) in [5.74, 6) is -2.07. The van der Waals surface area contributed by atoms with Gasteiger partial charge in [0.05, 0.1) is 13.2 Å². The maximum absolute atomic E-state index is 11.8. The summed E-state index contributed by atoms with van der Waals surface area (Å²) in [6.45, 7) is -0.995. The Balaban J connectivity index is 2.18. The predicted molar refractivity (Wildman–Crippen MR) is 65.8 cm³/mol. The van der Waals surface area contributed by atoms with Crippen molar-refractivity contribution in [2.75, 3.05) is 13.2 Å². The number of esters is 1. The zero-order valence-electron chi connectivity index (χ0n) is 10.9. The van der Waals surface area contributed by atoms with Crippen LogP contribution in [0.5, 0.6) is 0 Å². The lowest BCUT2D eigenvalue weighted by Crippen LogP contribution is -2.87. The summed E-state index contributed by atoms with van der Waals surface area (Å²) in [7, 11) is 0. The number of hydrogen-bond acceptors (Lipinski definition) is 10. The Morgan fingerprint density at radius 2 is 2.05 bits per heavy atom. The molecule has 1 unspecified atom stereocenters. The highest BCUT2D eigenvalue weighted by atomic mass is 16.6. The van der Waals surface area contributed by atoms with Crippen LogP contribution in [0.25, 0.3) is 0 Å². The molecule has 2 aliphatic heterocycles. The molecule has 1 saturated heterocycles. The van der Waals surface area contributed by atoms with Gasteiger partial charge in [0.15, 0.2) is 17.7 Å². The van der Waals surface area contributed by atoms with Crippen LogP contribution in [-0.4, -0.2) is 86.2 Å². The Bertz CT molecular complexity index is 514. The van der Waals surface area contributed by atoms with E-state index in [1.54, 1.807) is 0 Å². The molecule has 3 rings (SSSR count). The van der Waals surface area contributed by atoms with Crippen molar-refractivity contribution in [3.05, 3.63) is 0 Å². The van der Waals surface area contributed by atoms with Crippen LogP contribution in [0.1, 0.15) is 0 Å². The summed E-state index contributed by atoms with van der Waals surface area (Å²) in [4.78, 5) is 15.7. The number of nitrogens with one attached hydrogen (secondary N) is 1. The molecule has 0 amide bonds. The van der Waals surface area contributed by atoms with Crippen LogP contribution >= 0.6 is 0 Å². The molecule has 0 aromatic heterocycles. The highest BCUT2D eigenvalue weighted by Gasteiger charge is 2.73. The minimum atomic E-state index is -2.26. The van der Waals surface area contributed by atoms with Crippen molar-refractivity contribution in [1.82, 2.24) is 5.32 Å². The summed E-state index contributed by atoms with van der Waals surface area (Å²) in [6, 6.07) is 0. The molecule has 10 heteroatoms. The number of hydrogen-bond donors (Lipinski definition) is 7. The van der Waals surface area contributed by atoms with Crippen molar-refractivity contribution in [2.45, 2.75) is 35.6 Å². The molecule has 0 aromatic rings. The van der Waals surface area contributed by atoms with E-state index >= 15 is 0 Å². The minimum absolute atomic E-state index is 0.0556. The second-order valence-corrected chi connectivity index (χ2v) is 5.69. The maximum Gasteiger partial charge on any atom is 0.337 e. The lowest BCUT2D eigenvalue weighted by atomic mass is 9.58. The number of rotatable bonds is 1. The minimum Gasteiger partial charge on any atom is -0.457 e. The second-order valence-electron chi connectivity index (χ2n) is 5.69. The Labute approximate surface area is 118 Å². The molecule has 3 aliphatic rings. The Hall–Kier alpha value is -1.46. The van der Waals surface area contributed by atoms with Crippen molar-refractivity contribution in [2.24, 2.45) is 16.6 Å². The highest BCUT2D eigenvalue weighted by molar-refractivity contribution is 5.84. The van der Waals surface area contributed by atoms with Crippen molar-refractivity contribution in [3.8, 4) is 0 Å². The topological polar surface area (TPSA) is 178 Å². The number of nitrogens with zero attached hydrogens (tertiary/aromatic N) is 1. The molecule has 10 nitrogen and oxygen atoms in total. The summed E-state index contributed by atoms with van der Waals surface area (Å²) in [6.07, 6.45) is -6.78. The van der Waals surface area contributed by atoms with E-state index in [2.05, 4.69) is 10.3 Å². The molecule has 21 heavy (non-hydrogen) atoms. The summed E-state index contributed by atoms with van der Waals surface area (Å²) in [5.41, 5.74) is 1.57. The molecule has 7 atom stereocenters. The molecule has 0 radical (unpaired) electrons. The first-order valence-electron chi connectivity index (χ1n) is 6.45. The van der Waals surface area contributed by atoms with Crippen molar-refractivity contribution >= 4 is 11.9 Å². The number of aliphatic imine (C=N–C) groups is 1. The first-order chi connectivity index (χ1) is 9.79. The van der Waals surface area contributed by atoms with Gasteiger partial charge >= 0.3 is 5.97 Å². The normalized spacial score (nSPS) is 52.3. The standard InChI is InChI=1S/C11H17N3O7/c12-9-13-1-3-7-10(20,2-15)4(16)5(17)11(3,14-9)6(18)8(19)21-7/h3-7,15-18,20H,1-2H2,(H3,12,13,14)/t3-,4+,5-,6+,7+,10+,11?/m0/s1. The molecule has 8 N–H and O–H groups in total. The van der Waals surface area contributed by atoms with Gasteiger partial charge in [0.25, 0.3) is 0 Å². The Morgan fingerprint density at radius 3 is 2.67 bits per heavy atom. The van der Waals surface area contributed by atoms with Crippen LogP contribution in [0.3, 0.4) is 0 Å². The number of ether oxygens (including phenoxy) is 1. The van der Waals surface area contributed by atoms with Crippen molar-refractivity contribution < 1.29 is 35.1 Å². The van der Waals surface area contributed by atoms with Crippen molar-refractivity contribution in [1.29, 1.82) is 0 Å². The third-order valence-corrected chi connectivity index (χ3v) is 4.75. The molecule has 1 aliphatic carbocycles. The van der Waals surface area contributed by atoms with E-state index in [0.717, 1.165) is 0 Å². The van der Waals surface area contributed by atoms with Crippen LogP contribution < -0.4 is 11.1 Å². The molecule has 0 aromatic carbocycles. The first-order valence-corrected chi connectivity index (χ1v) is 6.45. The molecule has 2 bridgehead atoms. The lowest BCUT2D eigenvalue weighted by molar-refractivity contribution is -0.297. The first kappa shape index (κ1) is 14.5. The summed E-state index contributed by atoms with van der Waals surface area (Å²) < 4.78 is 4.97. The molecular weight excluding hydrogens is 286 g/mol. The average Bonchev–Trinajstić information content (AvgIpc) is 2.47. The fourth-order valence-corrected chi connectivity index (χ4v) is 3.58. The van der Waals surface area contributed by atoms with E-state index in [0.29, 0.717) is 0 Å². The van der Waals surface area contributed by atoms with Gasteiger partial charge in [-0.1, -0.05) is 0 Å². The largest absolute Gasteiger partial charge is 0.457 e. The highest BCUT2D eigenvalue weighted by Crippen LogP contribution is 2.47. The number of carbonyl (C=O) groups excluding carboxylic acids is 1. The fraction of sp³-hybridized carbons (Fsp3) is 0.818. The number of nitrogens with two attached hydrogens (primary N) is 1. The molecule has 0 spiro atoms. The fourth-order valence-electron chi connectivity index (χ4n) is 3.58. The van der Waals surface area contributed by atoms with Gasteiger partial charge in [0.2, 0.25) is 0 Å². The number of aliphatic hydroxyl groups excluding tert-OH is 4. The predicted octanol–water partition coefficient (Wildman–Crippen LogP) is -5.00. The zero-order valence-corrected chi connectivity index (χ0v) is 10.9. The van der Waals surface area contributed by atoms with Crippen molar-refractivity contribution in [3.63, 3.8) is 0 Å². The van der Waals surface area contributed by atoms with E-state index in [-0.39, 0.29) is 12.5 Å². The van der Waals surface area contributed by atoms with Crippen LogP contribution in [0.2, 0.25) is 0 Å². The van der Waals surface area contributed by atoms with E-state index in [9.17, 15) is 30.3 Å². The van der Waals surface area contributed by atoms with Gasteiger partial charge in [-0.15, -0.1) is 0 Å². The SMILES string of the molecule is NC1=NC[C@H]2[C@H]3OC(=O)[C@@H](O)C2(N1)[C@@H](O)[C@@H](O)[C@]3(O)CO. The van der Waals surface area contributed by atoms with Gasteiger partial charge in [-0.3, -0.25) is 4.99 Å². The molecular formula is C11H17N3O7. The molecule has 1 saturated carbocycles. The number of guanidine groups is 1. The van der Waals surface area contributed by atoms with Gasteiger partial charge in [-0.2, -0.15) is 0 Å². The van der Waals surface area contributed by atoms with Gasteiger partial charge in [-0.05, 0) is 0 Å². The zero-order chi connectivity index (χ0) is 15.6. The average molecular weight is 303 g/mol. The quantitative estimate of drug-likeness (QED) is 0.234. The molecule has 2 heterocycles. The van der Waals surface area contributed by atoms with Gasteiger partial charge in [-0.25, -0.2) is 4.79 Å². The van der Waals surface area contributed by atoms with E-state index in [1.807, 2.05) is 0 Å². The van der Waals surface area contributed by atoms with Crippen LogP contribution in [0.15, 0.2) is 4.99 Å². The van der Waals surface area contributed by atoms with E-state index < -0.39 is 54.0 Å². The molecule has 118 valence electrons. The van der Waals surface area contributed by atoms with Crippen LogP contribution in [0, 0.1) is 5.92 Å². The third-order valence-electron chi connectivity index (χ3n) is 4.75. The smallest absolute Gasteiger partial charge is 0.337 e. The molecule has 2 fully saturated rings.